The Hall–Kier alpha value is -1.91. The summed E-state index contributed by atoms with van der Waals surface area (Å²) in [6.07, 6.45) is 4.24. The van der Waals surface area contributed by atoms with Gasteiger partial charge in [-0.3, -0.25) is 4.68 Å². The van der Waals surface area contributed by atoms with E-state index in [0.717, 1.165) is 30.4 Å². The molecule has 0 aromatic carbocycles. The molecule has 0 bridgehead atoms. The quantitative estimate of drug-likeness (QED) is 0.917. The highest BCUT2D eigenvalue weighted by Crippen LogP contribution is 2.45. The molecule has 0 atom stereocenters. The number of hydrogen-bond donors (Lipinski definition) is 1. The third-order valence-electron chi connectivity index (χ3n) is 4.47. The molecule has 3 rings (SSSR count). The molecule has 1 aliphatic rings. The molecular weight excluding hydrogens is 262 g/mol. The fourth-order valence-corrected chi connectivity index (χ4v) is 2.64. The minimum Gasteiger partial charge on any atom is -0.366 e. The topological polar surface area (TPSA) is 55.6 Å². The molecule has 1 aliphatic carbocycles. The molecule has 0 radical (unpaired) electrons. The number of nitrogens with zero attached hydrogens (tertiary/aromatic N) is 4. The van der Waals surface area contributed by atoms with Gasteiger partial charge in [0.1, 0.15) is 11.6 Å². The average molecular weight is 285 g/mol. The fourth-order valence-electron chi connectivity index (χ4n) is 2.64. The summed E-state index contributed by atoms with van der Waals surface area (Å²) in [5.41, 5.74) is 3.78. The number of aryl methyl sites for hydroxylation is 2. The SMILES string of the molecule is CCn1nc(C)c(CNc2ccnc(C3(C)CC3)n2)c1C. The van der Waals surface area contributed by atoms with Gasteiger partial charge in [-0.1, -0.05) is 6.92 Å². The molecule has 2 heterocycles. The van der Waals surface area contributed by atoms with E-state index in [1.165, 1.54) is 24.1 Å². The number of hydrogen-bond acceptors (Lipinski definition) is 4. The van der Waals surface area contributed by atoms with Crippen molar-refractivity contribution in [3.8, 4) is 0 Å². The van der Waals surface area contributed by atoms with Crippen LogP contribution < -0.4 is 5.32 Å². The summed E-state index contributed by atoms with van der Waals surface area (Å²) < 4.78 is 2.04. The normalized spacial score (nSPS) is 16.0. The van der Waals surface area contributed by atoms with Gasteiger partial charge in [0.2, 0.25) is 0 Å². The van der Waals surface area contributed by atoms with E-state index in [1.807, 2.05) is 16.9 Å². The average Bonchev–Trinajstić information content (AvgIpc) is 3.17. The Balaban J connectivity index is 1.75. The highest BCUT2D eigenvalue weighted by atomic mass is 15.3. The number of nitrogens with one attached hydrogen (secondary N) is 1. The van der Waals surface area contributed by atoms with E-state index in [4.69, 9.17) is 0 Å². The molecule has 0 spiro atoms. The van der Waals surface area contributed by atoms with Gasteiger partial charge in [0.05, 0.1) is 5.69 Å². The summed E-state index contributed by atoms with van der Waals surface area (Å²) in [5.74, 6) is 1.86. The minimum absolute atomic E-state index is 0.205. The molecule has 21 heavy (non-hydrogen) atoms. The second kappa shape index (κ2) is 5.13. The van der Waals surface area contributed by atoms with Gasteiger partial charge < -0.3 is 5.32 Å². The monoisotopic (exact) mass is 285 g/mol. The zero-order chi connectivity index (χ0) is 15.0. The van der Waals surface area contributed by atoms with E-state index in [-0.39, 0.29) is 5.41 Å². The highest BCUT2D eigenvalue weighted by Gasteiger charge is 2.42. The van der Waals surface area contributed by atoms with Crippen molar-refractivity contribution in [2.45, 2.75) is 59.0 Å². The van der Waals surface area contributed by atoms with Crippen molar-refractivity contribution in [2.24, 2.45) is 0 Å². The van der Waals surface area contributed by atoms with Gasteiger partial charge in [-0.15, -0.1) is 0 Å². The predicted molar refractivity (Wildman–Crippen MR) is 83.3 cm³/mol. The van der Waals surface area contributed by atoms with Crippen LogP contribution in [-0.4, -0.2) is 19.7 Å². The number of rotatable bonds is 5. The van der Waals surface area contributed by atoms with Gasteiger partial charge in [0.25, 0.3) is 0 Å². The van der Waals surface area contributed by atoms with Gasteiger partial charge in [-0.2, -0.15) is 5.10 Å². The lowest BCUT2D eigenvalue weighted by molar-refractivity contribution is 0.633. The molecule has 0 saturated heterocycles. The van der Waals surface area contributed by atoms with Crippen molar-refractivity contribution in [3.05, 3.63) is 35.0 Å². The lowest BCUT2D eigenvalue weighted by Gasteiger charge is -2.10. The Labute approximate surface area is 125 Å². The largest absolute Gasteiger partial charge is 0.366 e. The molecule has 2 aromatic heterocycles. The molecule has 5 heteroatoms. The Morgan fingerprint density at radius 2 is 2.10 bits per heavy atom. The van der Waals surface area contributed by atoms with Crippen molar-refractivity contribution in [2.75, 3.05) is 5.32 Å². The van der Waals surface area contributed by atoms with E-state index in [1.54, 1.807) is 0 Å². The second-order valence-corrected chi connectivity index (χ2v) is 6.14. The molecule has 112 valence electrons. The van der Waals surface area contributed by atoms with Crippen molar-refractivity contribution in [1.29, 1.82) is 0 Å². The van der Waals surface area contributed by atoms with Gasteiger partial charge in [0, 0.05) is 36.0 Å². The molecule has 5 nitrogen and oxygen atoms in total. The molecule has 1 N–H and O–H groups in total. The summed E-state index contributed by atoms with van der Waals surface area (Å²) in [6.45, 7) is 10.2. The fraction of sp³-hybridized carbons (Fsp3) is 0.562. The van der Waals surface area contributed by atoms with E-state index < -0.39 is 0 Å². The number of anilines is 1. The van der Waals surface area contributed by atoms with Crippen LogP contribution in [0.4, 0.5) is 5.82 Å². The summed E-state index contributed by atoms with van der Waals surface area (Å²) in [5, 5.41) is 7.97. The predicted octanol–water partition coefficient (Wildman–Crippen LogP) is 2.97. The van der Waals surface area contributed by atoms with Gasteiger partial charge in [0.15, 0.2) is 0 Å². The van der Waals surface area contributed by atoms with Crippen LogP contribution in [0.5, 0.6) is 0 Å². The lowest BCUT2D eigenvalue weighted by atomic mass is 10.1. The first-order valence-corrected chi connectivity index (χ1v) is 7.64. The van der Waals surface area contributed by atoms with Crippen LogP contribution in [0, 0.1) is 13.8 Å². The summed E-state index contributed by atoms with van der Waals surface area (Å²) in [4.78, 5) is 9.07. The Kier molecular flexibility index (Phi) is 3.43. The second-order valence-electron chi connectivity index (χ2n) is 6.14. The van der Waals surface area contributed by atoms with Crippen LogP contribution in [-0.2, 0) is 18.5 Å². The zero-order valence-corrected chi connectivity index (χ0v) is 13.3. The van der Waals surface area contributed by atoms with Crippen LogP contribution in [0.3, 0.4) is 0 Å². The third-order valence-corrected chi connectivity index (χ3v) is 4.47. The first-order valence-electron chi connectivity index (χ1n) is 7.64. The molecule has 2 aromatic rings. The minimum atomic E-state index is 0.205. The van der Waals surface area contributed by atoms with Gasteiger partial charge in [-0.25, -0.2) is 9.97 Å². The lowest BCUT2D eigenvalue weighted by Crippen LogP contribution is -2.10. The third kappa shape index (κ3) is 2.64. The van der Waals surface area contributed by atoms with E-state index in [9.17, 15) is 0 Å². The molecule has 0 amide bonds. The van der Waals surface area contributed by atoms with Gasteiger partial charge >= 0.3 is 0 Å². The molecule has 1 fully saturated rings. The molecule has 1 saturated carbocycles. The van der Waals surface area contributed by atoms with Crippen LogP contribution in [0.15, 0.2) is 12.3 Å². The van der Waals surface area contributed by atoms with Gasteiger partial charge in [-0.05, 0) is 39.7 Å². The number of aromatic nitrogens is 4. The maximum atomic E-state index is 4.66. The maximum absolute atomic E-state index is 4.66. The van der Waals surface area contributed by atoms with E-state index in [2.05, 4.69) is 48.1 Å². The smallest absolute Gasteiger partial charge is 0.136 e. The molecule has 0 unspecified atom stereocenters. The summed E-state index contributed by atoms with van der Waals surface area (Å²) in [7, 11) is 0. The zero-order valence-electron chi connectivity index (χ0n) is 13.3. The Morgan fingerprint density at radius 3 is 2.71 bits per heavy atom. The Morgan fingerprint density at radius 1 is 1.33 bits per heavy atom. The maximum Gasteiger partial charge on any atom is 0.136 e. The first kappa shape index (κ1) is 14.0. The molecule has 0 aliphatic heterocycles. The van der Waals surface area contributed by atoms with E-state index in [0.29, 0.717) is 0 Å². The van der Waals surface area contributed by atoms with Crippen molar-refractivity contribution in [3.63, 3.8) is 0 Å². The highest BCUT2D eigenvalue weighted by molar-refractivity contribution is 5.38. The van der Waals surface area contributed by atoms with E-state index >= 15 is 0 Å². The standard InChI is InChI=1S/C16H23N5/c1-5-21-12(3)13(11(2)20-21)10-18-14-6-9-17-15(19-14)16(4)7-8-16/h6,9H,5,7-8,10H2,1-4H3,(H,17,18,19). The van der Waals surface area contributed by atoms with Crippen molar-refractivity contribution < 1.29 is 0 Å². The van der Waals surface area contributed by atoms with Crippen LogP contribution in [0.2, 0.25) is 0 Å². The summed E-state index contributed by atoms with van der Waals surface area (Å²) >= 11 is 0. The van der Waals surface area contributed by atoms with Crippen LogP contribution >= 0.6 is 0 Å². The molecular formula is C16H23N5. The van der Waals surface area contributed by atoms with Crippen LogP contribution in [0.1, 0.15) is 49.5 Å². The van der Waals surface area contributed by atoms with Crippen molar-refractivity contribution >= 4 is 5.82 Å². The van der Waals surface area contributed by atoms with Crippen molar-refractivity contribution in [1.82, 2.24) is 19.7 Å². The first-order chi connectivity index (χ1) is 10.0. The van der Waals surface area contributed by atoms with Crippen LogP contribution in [0.25, 0.3) is 0 Å². The summed E-state index contributed by atoms with van der Waals surface area (Å²) in [6, 6.07) is 1.93. The Bertz CT molecular complexity index is 655.